The number of anilines is 1. The smallest absolute Gasteiger partial charge is 0.243 e. The molecule has 0 spiro atoms. The molecule has 128 valence electrons. The lowest BCUT2D eigenvalue weighted by Crippen LogP contribution is -2.48. The summed E-state index contributed by atoms with van der Waals surface area (Å²) in [5, 5.41) is 9.56. The first-order valence-electron chi connectivity index (χ1n) is 7.68. The van der Waals surface area contributed by atoms with E-state index < -0.39 is 15.8 Å². The Morgan fingerprint density at radius 3 is 2.42 bits per heavy atom. The molecule has 1 fully saturated rings. The summed E-state index contributed by atoms with van der Waals surface area (Å²) >= 11 is 0. The molecule has 2 aromatic carbocycles. The molecule has 3 rings (SSSR count). The molecular weight excluding hydrogens is 331 g/mol. The van der Waals surface area contributed by atoms with E-state index in [0.717, 1.165) is 11.8 Å². The summed E-state index contributed by atoms with van der Waals surface area (Å²) in [5.41, 5.74) is 1.39. The van der Waals surface area contributed by atoms with Crippen molar-refractivity contribution in [1.82, 2.24) is 4.31 Å². The van der Waals surface area contributed by atoms with Crippen molar-refractivity contribution in [2.45, 2.75) is 11.8 Å². The van der Waals surface area contributed by atoms with Crippen LogP contribution in [0.4, 0.5) is 10.1 Å². The highest BCUT2D eigenvalue weighted by Crippen LogP contribution is 2.25. The van der Waals surface area contributed by atoms with Gasteiger partial charge in [-0.15, -0.1) is 0 Å². The Bertz CT molecular complexity index is 847. The van der Waals surface area contributed by atoms with Gasteiger partial charge in [0.15, 0.2) is 0 Å². The standard InChI is InChI=1S/C17H19FN2O3S/c1-13-5-6-14(18)11-17(13)24(22,23)20-9-7-19(8-10-20)15-3-2-4-16(21)12-15/h2-6,11-12,21H,7-10H2,1H3. The lowest BCUT2D eigenvalue weighted by atomic mass is 10.2. The van der Waals surface area contributed by atoms with Crippen molar-refractivity contribution >= 4 is 15.7 Å². The fourth-order valence-electron chi connectivity index (χ4n) is 2.87. The quantitative estimate of drug-likeness (QED) is 0.923. The average molecular weight is 350 g/mol. The number of halogens is 1. The Kier molecular flexibility index (Phi) is 4.47. The zero-order chi connectivity index (χ0) is 17.3. The summed E-state index contributed by atoms with van der Waals surface area (Å²) in [4.78, 5) is 2.04. The van der Waals surface area contributed by atoms with Gasteiger partial charge < -0.3 is 10.0 Å². The van der Waals surface area contributed by atoms with Crippen molar-refractivity contribution in [3.05, 3.63) is 53.8 Å². The van der Waals surface area contributed by atoms with Crippen molar-refractivity contribution in [2.75, 3.05) is 31.1 Å². The number of hydrogen-bond acceptors (Lipinski definition) is 4. The number of aromatic hydroxyl groups is 1. The van der Waals surface area contributed by atoms with E-state index in [1.807, 2.05) is 11.0 Å². The first-order valence-corrected chi connectivity index (χ1v) is 9.12. The molecule has 2 aromatic rings. The van der Waals surface area contributed by atoms with Gasteiger partial charge in [0, 0.05) is 37.9 Å². The van der Waals surface area contributed by atoms with E-state index in [-0.39, 0.29) is 10.6 Å². The third-order valence-electron chi connectivity index (χ3n) is 4.20. The van der Waals surface area contributed by atoms with E-state index in [0.29, 0.717) is 31.7 Å². The average Bonchev–Trinajstić information content (AvgIpc) is 2.57. The molecule has 1 aliphatic heterocycles. The van der Waals surface area contributed by atoms with Crippen LogP contribution in [0.15, 0.2) is 47.4 Å². The van der Waals surface area contributed by atoms with Gasteiger partial charge in [0.05, 0.1) is 4.90 Å². The van der Waals surface area contributed by atoms with Gasteiger partial charge in [-0.3, -0.25) is 0 Å². The largest absolute Gasteiger partial charge is 0.508 e. The molecule has 5 nitrogen and oxygen atoms in total. The molecule has 0 bridgehead atoms. The molecule has 0 unspecified atom stereocenters. The maximum Gasteiger partial charge on any atom is 0.243 e. The fourth-order valence-corrected chi connectivity index (χ4v) is 4.53. The highest BCUT2D eigenvalue weighted by molar-refractivity contribution is 7.89. The van der Waals surface area contributed by atoms with Crippen LogP contribution in [0.2, 0.25) is 0 Å². The molecule has 0 atom stereocenters. The molecule has 1 N–H and O–H groups in total. The van der Waals surface area contributed by atoms with E-state index >= 15 is 0 Å². The van der Waals surface area contributed by atoms with Gasteiger partial charge in [-0.1, -0.05) is 12.1 Å². The molecule has 0 amide bonds. The van der Waals surface area contributed by atoms with E-state index in [4.69, 9.17) is 0 Å². The number of phenols is 1. The molecule has 1 saturated heterocycles. The number of rotatable bonds is 3. The van der Waals surface area contributed by atoms with Crippen LogP contribution < -0.4 is 4.90 Å². The lowest BCUT2D eigenvalue weighted by molar-refractivity contribution is 0.384. The minimum atomic E-state index is -3.71. The van der Waals surface area contributed by atoms with Gasteiger partial charge in [-0.25, -0.2) is 12.8 Å². The summed E-state index contributed by atoms with van der Waals surface area (Å²) < 4.78 is 40.4. The van der Waals surface area contributed by atoms with Gasteiger partial charge in [0.2, 0.25) is 10.0 Å². The lowest BCUT2D eigenvalue weighted by Gasteiger charge is -2.35. The highest BCUT2D eigenvalue weighted by Gasteiger charge is 2.30. The zero-order valence-electron chi connectivity index (χ0n) is 13.3. The van der Waals surface area contributed by atoms with Crippen molar-refractivity contribution in [1.29, 1.82) is 0 Å². The monoisotopic (exact) mass is 350 g/mol. The predicted molar refractivity (Wildman–Crippen MR) is 90.2 cm³/mol. The molecular formula is C17H19FN2O3S. The van der Waals surface area contributed by atoms with Crippen LogP contribution in [0.1, 0.15) is 5.56 Å². The number of benzene rings is 2. The molecule has 7 heteroatoms. The number of phenolic OH excluding ortho intramolecular Hbond substituents is 1. The summed E-state index contributed by atoms with van der Waals surface area (Å²) in [5.74, 6) is -0.379. The summed E-state index contributed by atoms with van der Waals surface area (Å²) in [6.07, 6.45) is 0. The third kappa shape index (κ3) is 3.22. The number of piperazine rings is 1. The van der Waals surface area contributed by atoms with Crippen molar-refractivity contribution < 1.29 is 17.9 Å². The minimum Gasteiger partial charge on any atom is -0.508 e. The van der Waals surface area contributed by atoms with Gasteiger partial charge in [0.25, 0.3) is 0 Å². The molecule has 1 aliphatic rings. The van der Waals surface area contributed by atoms with E-state index in [2.05, 4.69) is 0 Å². The van der Waals surface area contributed by atoms with Crippen LogP contribution in [0, 0.1) is 12.7 Å². The van der Waals surface area contributed by atoms with Gasteiger partial charge in [-0.05, 0) is 36.8 Å². The van der Waals surface area contributed by atoms with Crippen LogP contribution in [0.25, 0.3) is 0 Å². The number of nitrogens with zero attached hydrogens (tertiary/aromatic N) is 2. The zero-order valence-corrected chi connectivity index (χ0v) is 14.1. The van der Waals surface area contributed by atoms with Crippen LogP contribution in [0.5, 0.6) is 5.75 Å². The first kappa shape index (κ1) is 16.7. The second-order valence-electron chi connectivity index (χ2n) is 5.82. The van der Waals surface area contributed by atoms with Crippen molar-refractivity contribution in [3.63, 3.8) is 0 Å². The summed E-state index contributed by atoms with van der Waals surface area (Å²) in [6, 6.07) is 10.7. The second kappa shape index (κ2) is 6.41. The maximum atomic E-state index is 13.5. The summed E-state index contributed by atoms with van der Waals surface area (Å²) in [7, 11) is -3.71. The molecule has 0 aromatic heterocycles. The number of aryl methyl sites for hydroxylation is 1. The SMILES string of the molecule is Cc1ccc(F)cc1S(=O)(=O)N1CCN(c2cccc(O)c2)CC1. The maximum absolute atomic E-state index is 13.5. The van der Waals surface area contributed by atoms with Crippen LogP contribution in [-0.2, 0) is 10.0 Å². The molecule has 0 aliphatic carbocycles. The normalized spacial score (nSPS) is 16.3. The molecule has 0 saturated carbocycles. The Hall–Kier alpha value is -2.12. The fraction of sp³-hybridized carbons (Fsp3) is 0.294. The van der Waals surface area contributed by atoms with Crippen LogP contribution in [0.3, 0.4) is 0 Å². The second-order valence-corrected chi connectivity index (χ2v) is 7.73. The van der Waals surface area contributed by atoms with Crippen molar-refractivity contribution in [3.8, 4) is 5.75 Å². The van der Waals surface area contributed by atoms with Crippen LogP contribution >= 0.6 is 0 Å². The molecule has 24 heavy (non-hydrogen) atoms. The predicted octanol–water partition coefficient (Wildman–Crippen LogP) is 2.35. The number of sulfonamides is 1. The van der Waals surface area contributed by atoms with Gasteiger partial charge in [-0.2, -0.15) is 4.31 Å². The van der Waals surface area contributed by atoms with E-state index in [9.17, 15) is 17.9 Å². The first-order chi connectivity index (χ1) is 11.4. The Labute approximate surface area is 141 Å². The third-order valence-corrected chi connectivity index (χ3v) is 6.24. The topological polar surface area (TPSA) is 60.9 Å². The van der Waals surface area contributed by atoms with Crippen molar-refractivity contribution in [2.24, 2.45) is 0 Å². The Morgan fingerprint density at radius 1 is 1.04 bits per heavy atom. The van der Waals surface area contributed by atoms with E-state index in [1.165, 1.54) is 16.4 Å². The minimum absolute atomic E-state index is 0.0216. The van der Waals surface area contributed by atoms with Gasteiger partial charge in [0.1, 0.15) is 11.6 Å². The van der Waals surface area contributed by atoms with Crippen LogP contribution in [-0.4, -0.2) is 44.0 Å². The Balaban J connectivity index is 1.77. The highest BCUT2D eigenvalue weighted by atomic mass is 32.2. The molecule has 0 radical (unpaired) electrons. The number of hydrogen-bond donors (Lipinski definition) is 1. The van der Waals surface area contributed by atoms with E-state index in [1.54, 1.807) is 25.1 Å². The molecule has 1 heterocycles. The Morgan fingerprint density at radius 2 is 1.75 bits per heavy atom. The van der Waals surface area contributed by atoms with Gasteiger partial charge >= 0.3 is 0 Å². The summed E-state index contributed by atoms with van der Waals surface area (Å²) in [6.45, 7) is 3.31.